The van der Waals surface area contributed by atoms with Crippen LogP contribution < -0.4 is 30.7 Å². The summed E-state index contributed by atoms with van der Waals surface area (Å²) < 4.78 is 85.7. The van der Waals surface area contributed by atoms with Gasteiger partial charge in [0.2, 0.25) is 0 Å². The topological polar surface area (TPSA) is 351 Å². The molecule has 13 rings (SSSR count). The number of ether oxygens (including phenoxy) is 3. The highest BCUT2D eigenvalue weighted by Crippen LogP contribution is 2.35. The molecule has 1 aliphatic heterocycles. The summed E-state index contributed by atoms with van der Waals surface area (Å²) in [7, 11) is -8.34. The Bertz CT molecular complexity index is 6010. The lowest BCUT2D eigenvalue weighted by Crippen LogP contribution is -2.41. The molecule has 5 amide bonds. The number of sulfone groups is 3. The average Bonchev–Trinajstić information content (AvgIpc) is 0.827. The minimum absolute atomic E-state index is 0.160. The molecule has 0 aliphatic carbocycles. The van der Waals surface area contributed by atoms with Crippen LogP contribution in [0.2, 0.25) is 20.1 Å². The number of methoxy groups -OCH3 is 1. The van der Waals surface area contributed by atoms with Crippen molar-refractivity contribution < 1.29 is 68.5 Å². The Kier molecular flexibility index (Phi) is 31.1. The predicted molar refractivity (Wildman–Crippen MR) is 465 cm³/mol. The van der Waals surface area contributed by atoms with Crippen LogP contribution in [-0.2, 0) is 51.5 Å². The Morgan fingerprint density at radius 3 is 1.09 bits per heavy atom. The second kappa shape index (κ2) is 41.4. The number of carbonyl (C=O) groups excluding carboxylic acids is 5. The van der Waals surface area contributed by atoms with Crippen molar-refractivity contribution in [2.24, 2.45) is 5.92 Å². The number of pyridine rings is 5. The lowest BCUT2D eigenvalue weighted by molar-refractivity contribution is 0.0299. The number of halogens is 4. The molecule has 119 heavy (non-hydrogen) atoms. The molecule has 25 nitrogen and oxygen atoms in total. The first kappa shape index (κ1) is 89.4. The van der Waals surface area contributed by atoms with E-state index in [-0.39, 0.29) is 63.7 Å². The van der Waals surface area contributed by atoms with Gasteiger partial charge < -0.3 is 45.5 Å². The normalized spacial score (nSPS) is 11.9. The van der Waals surface area contributed by atoms with E-state index in [1.807, 2.05) is 80.6 Å². The summed E-state index contributed by atoms with van der Waals surface area (Å²) in [5.41, 5.74) is 10.6. The Balaban J connectivity index is 0.000000167. The van der Waals surface area contributed by atoms with E-state index in [1.54, 1.807) is 151 Å². The largest absolute Gasteiger partial charge is 0.508 e. The van der Waals surface area contributed by atoms with Crippen LogP contribution in [0.1, 0.15) is 82.5 Å². The van der Waals surface area contributed by atoms with E-state index in [1.165, 1.54) is 43.8 Å². The van der Waals surface area contributed by atoms with Crippen molar-refractivity contribution >= 4 is 128 Å². The summed E-state index contributed by atoms with van der Waals surface area (Å²) in [5.74, 6) is -1.54. The quantitative estimate of drug-likeness (QED) is 0.0397. The van der Waals surface area contributed by atoms with E-state index in [0.29, 0.717) is 160 Å². The van der Waals surface area contributed by atoms with Gasteiger partial charge in [-0.2, -0.15) is 0 Å². The van der Waals surface area contributed by atoms with Gasteiger partial charge in [-0.05, 0) is 176 Å². The molecule has 0 unspecified atom stereocenters. The number of phenolic OH excluding ortho intramolecular Hbond substituents is 1. The van der Waals surface area contributed by atoms with Gasteiger partial charge >= 0.3 is 0 Å². The number of morpholine rings is 1. The average molecular weight is 1740 g/mol. The van der Waals surface area contributed by atoms with Gasteiger partial charge in [-0.3, -0.25) is 48.9 Å². The zero-order valence-electron chi connectivity index (χ0n) is 64.9. The Hall–Kier alpha value is -12.0. The number of benzene rings is 7. The lowest BCUT2D eigenvalue weighted by Gasteiger charge is -2.26. The van der Waals surface area contributed by atoms with Crippen LogP contribution in [-0.4, -0.2) is 149 Å². The van der Waals surface area contributed by atoms with Crippen LogP contribution in [0, 0.1) is 5.92 Å². The molecule has 0 saturated carbocycles. The minimum atomic E-state index is -3.30. The van der Waals surface area contributed by atoms with E-state index in [4.69, 9.17) is 60.6 Å². The summed E-state index contributed by atoms with van der Waals surface area (Å²) in [6.07, 6.45) is 11.5. The first-order valence-corrected chi connectivity index (χ1v) is 44.1. The molecule has 1 fully saturated rings. The van der Waals surface area contributed by atoms with Gasteiger partial charge in [0.05, 0.1) is 92.6 Å². The maximum Gasteiger partial charge on any atom is 0.272 e. The van der Waals surface area contributed by atoms with Gasteiger partial charge in [-0.1, -0.05) is 103 Å². The van der Waals surface area contributed by atoms with Crippen LogP contribution in [0.15, 0.2) is 243 Å². The fraction of sp³-hybridized carbons (Fsp3) is 0.172. The highest BCUT2D eigenvalue weighted by Gasteiger charge is 2.23. The molecular weight excluding hydrogens is 1660 g/mol. The molecule has 0 radical (unpaired) electrons. The van der Waals surface area contributed by atoms with Gasteiger partial charge in [0.1, 0.15) is 22.9 Å². The SMILES string of the molecule is CC(C)COc1cc(C(=O)Nc2ccc(Cl)c(-c3ccccn3)c2)ccc1CS(C)(=O)=O.COc1cc(C(=O)Nc2ccc(Cl)c(-c3ccccn3)c2)ccc1CS(C)(=O)=O.CS(=O)(=O)Cc1ccc(C(=O)Nc2ccc(Cl)c(-c3ccccn3)c2)cc1O.O=C(Nc1ccc(Cl)c(-c2ccccn2)c1)c1ccc(C(=O)N2CCOCC2)nc1. The third kappa shape index (κ3) is 26.8. The van der Waals surface area contributed by atoms with Gasteiger partial charge in [0.15, 0.2) is 29.5 Å². The maximum absolute atomic E-state index is 12.9. The van der Waals surface area contributed by atoms with Crippen molar-refractivity contribution in [3.8, 4) is 62.3 Å². The summed E-state index contributed by atoms with van der Waals surface area (Å²) in [6.45, 7) is 6.52. The monoisotopic (exact) mass is 1740 g/mol. The third-order valence-corrected chi connectivity index (χ3v) is 21.1. The summed E-state index contributed by atoms with van der Waals surface area (Å²) in [4.78, 5) is 86.2. The highest BCUT2D eigenvalue weighted by atomic mass is 35.5. The molecule has 12 aromatic rings. The van der Waals surface area contributed by atoms with Crippen LogP contribution in [0.3, 0.4) is 0 Å². The number of aromatic hydroxyl groups is 1. The highest BCUT2D eigenvalue weighted by molar-refractivity contribution is 7.90. The first-order chi connectivity index (χ1) is 56.7. The van der Waals surface area contributed by atoms with Gasteiger partial charge in [-0.15, -0.1) is 0 Å². The summed E-state index contributed by atoms with van der Waals surface area (Å²) in [5, 5.41) is 23.4. The van der Waals surface area contributed by atoms with Gasteiger partial charge in [0.25, 0.3) is 29.5 Å². The molecule has 0 atom stereocenters. The number of nitrogens with one attached hydrogen (secondary N) is 4. The van der Waals surface area contributed by atoms with Gasteiger partial charge in [-0.25, -0.2) is 25.3 Å². The van der Waals surface area contributed by atoms with Crippen LogP contribution in [0.5, 0.6) is 17.2 Å². The zero-order valence-corrected chi connectivity index (χ0v) is 70.4. The predicted octanol–water partition coefficient (Wildman–Crippen LogP) is 16.9. The zero-order chi connectivity index (χ0) is 85.6. The molecule has 32 heteroatoms. The number of nitrogens with zero attached hydrogens (tertiary/aromatic N) is 6. The number of carbonyl (C=O) groups is 5. The molecule has 7 aromatic carbocycles. The van der Waals surface area contributed by atoms with Crippen molar-refractivity contribution in [1.82, 2.24) is 29.8 Å². The summed E-state index contributed by atoms with van der Waals surface area (Å²) >= 11 is 25.1. The lowest BCUT2D eigenvalue weighted by atomic mass is 10.1. The standard InChI is InChI=1S/C24H25ClN2O4S.C22H19ClN4O3.C21H19ClN2O4S.C20H17ClN2O4S/c1-16(2)14-31-23-12-17(7-8-18(23)15-32(3,29)30)24(28)27-19-9-10-21(25)20(13-19)22-6-4-5-11-26-22;23-18-6-5-16(13-17(18)19-3-1-2-8-24-19)26-21(28)15-4-7-20(25-14-15)22(29)27-9-11-30-12-10-27;1-28-20-11-14(6-7-15(20)13-29(2,26)27)21(25)24-16-8-9-18(22)17(12-16)19-5-3-4-10-23-19;1-28(26,27)12-14-6-5-13(10-19(14)24)20(25)23-15-7-8-17(21)16(11-15)18-4-2-3-9-22-18/h4-13,16H,14-15H2,1-3H3,(H,27,28);1-8,13-14H,9-12H2,(H,26,28);3-12H,13H2,1-2H3,(H,24,25);2-11,24H,12H2,1H3,(H,23,25). The second-order valence-electron chi connectivity index (χ2n) is 27.4. The smallest absolute Gasteiger partial charge is 0.272 e. The first-order valence-electron chi connectivity index (χ1n) is 36.4. The minimum Gasteiger partial charge on any atom is -0.508 e. The van der Waals surface area contributed by atoms with Crippen molar-refractivity contribution in [1.29, 1.82) is 0 Å². The van der Waals surface area contributed by atoms with E-state index in [9.17, 15) is 54.3 Å². The number of rotatable bonds is 23. The van der Waals surface area contributed by atoms with E-state index in [2.05, 4.69) is 46.2 Å². The second-order valence-corrected chi connectivity index (χ2v) is 35.4. The number of amides is 5. The van der Waals surface area contributed by atoms with E-state index >= 15 is 0 Å². The van der Waals surface area contributed by atoms with E-state index < -0.39 is 35.4 Å². The number of aromatic nitrogens is 5. The van der Waals surface area contributed by atoms with Crippen LogP contribution in [0.25, 0.3) is 45.0 Å². The number of hydrogen-bond acceptors (Lipinski definition) is 20. The molecule has 6 heterocycles. The Labute approximate surface area is 708 Å². The van der Waals surface area contributed by atoms with Crippen molar-refractivity contribution in [3.05, 3.63) is 308 Å². The molecule has 614 valence electrons. The molecule has 1 saturated heterocycles. The molecule has 0 bridgehead atoms. The van der Waals surface area contributed by atoms with E-state index in [0.717, 1.165) is 18.1 Å². The molecular formula is C87H80Cl4N10O15S3. The molecule has 5 N–H and O–H groups in total. The molecule has 0 spiro atoms. The maximum atomic E-state index is 12.9. The fourth-order valence-corrected chi connectivity index (χ4v) is 14.8. The molecule has 5 aromatic heterocycles. The van der Waals surface area contributed by atoms with Crippen LogP contribution >= 0.6 is 46.4 Å². The van der Waals surface area contributed by atoms with Crippen molar-refractivity contribution in [3.63, 3.8) is 0 Å². The fourth-order valence-electron chi connectivity index (χ4n) is 11.6. The van der Waals surface area contributed by atoms with Crippen LogP contribution in [0.4, 0.5) is 22.7 Å². The Morgan fingerprint density at radius 2 is 0.765 bits per heavy atom. The third-order valence-electron chi connectivity index (χ3n) is 17.3. The van der Waals surface area contributed by atoms with Crippen molar-refractivity contribution in [2.75, 3.05) is 80.1 Å². The molecule has 1 aliphatic rings. The Morgan fingerprint density at radius 1 is 0.429 bits per heavy atom. The number of anilines is 4. The van der Waals surface area contributed by atoms with Gasteiger partial charge in [0, 0.05) is 141 Å². The number of hydrogen-bond donors (Lipinski definition) is 5. The summed E-state index contributed by atoms with van der Waals surface area (Å²) in [6, 6.07) is 59.3. The number of phenols is 1. The van der Waals surface area contributed by atoms with Crippen molar-refractivity contribution in [2.45, 2.75) is 31.1 Å².